The van der Waals surface area contributed by atoms with Crippen LogP contribution < -0.4 is 29.0 Å². The molecule has 0 saturated heterocycles. The smallest absolute Gasteiger partial charge is 0.497 e. The van der Waals surface area contributed by atoms with E-state index in [0.717, 1.165) is 5.56 Å². The van der Waals surface area contributed by atoms with Crippen molar-refractivity contribution < 1.29 is 42.4 Å². The number of aliphatic hydroxyl groups excluding tert-OH is 1. The Morgan fingerprint density at radius 2 is 1.92 bits per heavy atom. The number of benzene rings is 2. The summed E-state index contributed by atoms with van der Waals surface area (Å²) >= 11 is 0. The molecule has 3 aliphatic heterocycles. The largest absolute Gasteiger partial charge is 0.586 e. The van der Waals surface area contributed by atoms with Gasteiger partial charge in [-0.05, 0) is 25.1 Å². The van der Waals surface area contributed by atoms with E-state index in [9.17, 15) is 18.7 Å². The number of carbonyl (C=O) groups excluding carboxylic acids is 1. The number of halogens is 2. The number of aromatic nitrogens is 2. The van der Waals surface area contributed by atoms with Crippen LogP contribution in [0.3, 0.4) is 0 Å². The normalized spacial score (nSPS) is 24.0. The lowest BCUT2D eigenvalue weighted by molar-refractivity contribution is -0.286. The molecule has 0 aliphatic carbocycles. The summed E-state index contributed by atoms with van der Waals surface area (Å²) in [6, 6.07) is 7.51. The summed E-state index contributed by atoms with van der Waals surface area (Å²) in [5.41, 5.74) is 0.920. The zero-order chi connectivity index (χ0) is 26.7. The van der Waals surface area contributed by atoms with E-state index < -0.39 is 23.9 Å². The van der Waals surface area contributed by atoms with Crippen molar-refractivity contribution in [3.05, 3.63) is 65.2 Å². The standard InChI is InChI=1S/C26H23F2N3O7/c1-25(12-35-20-8-23-22(6-16(20)25)37-26(27,28)38-23)24(33)31-17-7-21(18-10-29-13(11-32)9-30-18)36-19-5-14(34-2)3-4-15(17)19/h3-6,8-10,17,21,32H,7,11-12H2,1-2H3,(H,31,33)/t17-,21-,25+/m1/s1. The summed E-state index contributed by atoms with van der Waals surface area (Å²) < 4.78 is 53.5. The lowest BCUT2D eigenvalue weighted by Gasteiger charge is -2.34. The molecule has 0 spiro atoms. The number of nitrogens with one attached hydrogen (secondary N) is 1. The molecule has 38 heavy (non-hydrogen) atoms. The van der Waals surface area contributed by atoms with Gasteiger partial charge in [0.2, 0.25) is 5.91 Å². The molecular weight excluding hydrogens is 504 g/mol. The summed E-state index contributed by atoms with van der Waals surface area (Å²) in [6.07, 6.45) is -0.988. The Bertz CT molecular complexity index is 1420. The average molecular weight is 527 g/mol. The first-order valence-electron chi connectivity index (χ1n) is 11.8. The van der Waals surface area contributed by atoms with Crippen molar-refractivity contribution in [1.29, 1.82) is 0 Å². The van der Waals surface area contributed by atoms with E-state index in [1.54, 1.807) is 26.2 Å². The fraction of sp³-hybridized carbons (Fsp3) is 0.346. The van der Waals surface area contributed by atoms with E-state index in [1.165, 1.54) is 24.5 Å². The van der Waals surface area contributed by atoms with E-state index in [4.69, 9.17) is 14.2 Å². The second kappa shape index (κ2) is 8.69. The molecule has 6 rings (SSSR count). The van der Waals surface area contributed by atoms with E-state index in [2.05, 4.69) is 24.8 Å². The monoisotopic (exact) mass is 527 g/mol. The molecule has 3 aromatic rings. The van der Waals surface area contributed by atoms with Gasteiger partial charge in [0.15, 0.2) is 11.5 Å². The lowest BCUT2D eigenvalue weighted by atomic mass is 9.82. The molecule has 198 valence electrons. The number of carbonyl (C=O) groups is 1. The number of rotatable bonds is 5. The van der Waals surface area contributed by atoms with Crippen LogP contribution in [-0.2, 0) is 16.8 Å². The van der Waals surface area contributed by atoms with Gasteiger partial charge in [-0.1, -0.05) is 0 Å². The Hall–Kier alpha value is -4.19. The van der Waals surface area contributed by atoms with E-state index >= 15 is 0 Å². The van der Waals surface area contributed by atoms with Gasteiger partial charge in [-0.2, -0.15) is 0 Å². The van der Waals surface area contributed by atoms with Gasteiger partial charge in [-0.3, -0.25) is 14.8 Å². The highest BCUT2D eigenvalue weighted by molar-refractivity contribution is 5.90. The van der Waals surface area contributed by atoms with Crippen LogP contribution in [0.15, 0.2) is 42.7 Å². The van der Waals surface area contributed by atoms with Crippen LogP contribution in [0.4, 0.5) is 8.78 Å². The van der Waals surface area contributed by atoms with Gasteiger partial charge in [0, 0.05) is 29.7 Å². The highest BCUT2D eigenvalue weighted by Crippen LogP contribution is 2.50. The number of ether oxygens (including phenoxy) is 5. The van der Waals surface area contributed by atoms with Crippen molar-refractivity contribution in [2.45, 2.75) is 43.8 Å². The summed E-state index contributed by atoms with van der Waals surface area (Å²) in [5.74, 6) is 0.688. The Kier molecular flexibility index (Phi) is 5.53. The van der Waals surface area contributed by atoms with Gasteiger partial charge >= 0.3 is 6.29 Å². The van der Waals surface area contributed by atoms with Gasteiger partial charge in [-0.25, -0.2) is 0 Å². The van der Waals surface area contributed by atoms with Gasteiger partial charge in [0.1, 0.15) is 35.4 Å². The first kappa shape index (κ1) is 24.2. The number of hydrogen-bond acceptors (Lipinski definition) is 9. The van der Waals surface area contributed by atoms with Crippen LogP contribution in [0.1, 0.15) is 48.0 Å². The molecule has 2 N–H and O–H groups in total. The minimum absolute atomic E-state index is 0.00364. The molecule has 0 radical (unpaired) electrons. The SMILES string of the molecule is COc1ccc2c(c1)O[C@@H](c1cnc(CO)cn1)C[C@H]2NC(=O)[C@@]1(C)COc2cc3c(cc21)OC(F)(F)O3. The van der Waals surface area contributed by atoms with E-state index in [1.807, 2.05) is 6.07 Å². The first-order valence-corrected chi connectivity index (χ1v) is 11.8. The Labute approximate surface area is 215 Å². The lowest BCUT2D eigenvalue weighted by Crippen LogP contribution is -2.46. The molecule has 4 heterocycles. The zero-order valence-corrected chi connectivity index (χ0v) is 20.4. The first-order chi connectivity index (χ1) is 18.2. The maximum atomic E-state index is 13.8. The number of alkyl halides is 2. The van der Waals surface area contributed by atoms with Crippen molar-refractivity contribution in [2.24, 2.45) is 0 Å². The third-order valence-corrected chi connectivity index (χ3v) is 6.95. The van der Waals surface area contributed by atoms with Crippen LogP contribution in [0.5, 0.6) is 28.7 Å². The predicted octanol–water partition coefficient (Wildman–Crippen LogP) is 3.33. The fourth-order valence-corrected chi connectivity index (χ4v) is 4.84. The maximum Gasteiger partial charge on any atom is 0.586 e. The molecular formula is C26H23F2N3O7. The van der Waals surface area contributed by atoms with Crippen LogP contribution in [-0.4, -0.2) is 41.0 Å². The minimum atomic E-state index is -3.78. The van der Waals surface area contributed by atoms with Crippen molar-refractivity contribution in [3.8, 4) is 28.7 Å². The number of fused-ring (bicyclic) bond motifs is 3. The molecule has 10 nitrogen and oxygen atoms in total. The highest BCUT2D eigenvalue weighted by atomic mass is 19.3. The Balaban J connectivity index is 1.30. The van der Waals surface area contributed by atoms with Crippen LogP contribution in [0.25, 0.3) is 0 Å². The third kappa shape index (κ3) is 4.01. The summed E-state index contributed by atoms with van der Waals surface area (Å²) in [5, 5.41) is 12.4. The number of hydrogen-bond donors (Lipinski definition) is 2. The quantitative estimate of drug-likeness (QED) is 0.515. The van der Waals surface area contributed by atoms with Crippen molar-refractivity contribution >= 4 is 5.91 Å². The molecule has 0 unspecified atom stereocenters. The van der Waals surface area contributed by atoms with Crippen LogP contribution in [0.2, 0.25) is 0 Å². The molecule has 1 aromatic heterocycles. The zero-order valence-electron chi connectivity index (χ0n) is 20.4. The van der Waals surface area contributed by atoms with Gasteiger partial charge < -0.3 is 34.1 Å². The molecule has 0 saturated carbocycles. The summed E-state index contributed by atoms with van der Waals surface area (Å²) in [7, 11) is 1.54. The Morgan fingerprint density at radius 3 is 2.63 bits per heavy atom. The van der Waals surface area contributed by atoms with Crippen molar-refractivity contribution in [3.63, 3.8) is 0 Å². The molecule has 0 bridgehead atoms. The molecule has 12 heteroatoms. The fourth-order valence-electron chi connectivity index (χ4n) is 4.84. The highest BCUT2D eigenvalue weighted by Gasteiger charge is 2.49. The van der Waals surface area contributed by atoms with Crippen LogP contribution >= 0.6 is 0 Å². The second-order valence-electron chi connectivity index (χ2n) is 9.45. The van der Waals surface area contributed by atoms with Gasteiger partial charge in [-0.15, -0.1) is 8.78 Å². The predicted molar refractivity (Wildman–Crippen MR) is 125 cm³/mol. The summed E-state index contributed by atoms with van der Waals surface area (Å²) in [4.78, 5) is 22.3. The minimum Gasteiger partial charge on any atom is -0.497 e. The Morgan fingerprint density at radius 1 is 1.13 bits per heavy atom. The van der Waals surface area contributed by atoms with Gasteiger partial charge in [0.05, 0.1) is 43.5 Å². The molecule has 3 aliphatic rings. The van der Waals surface area contributed by atoms with Crippen molar-refractivity contribution in [2.75, 3.05) is 13.7 Å². The average Bonchev–Trinajstić information content (AvgIpc) is 3.41. The molecule has 1 amide bonds. The van der Waals surface area contributed by atoms with Crippen molar-refractivity contribution in [1.82, 2.24) is 15.3 Å². The molecule has 0 fully saturated rings. The number of nitrogens with zero attached hydrogens (tertiary/aromatic N) is 2. The number of aliphatic hydroxyl groups is 1. The van der Waals surface area contributed by atoms with Crippen LogP contribution in [0, 0.1) is 0 Å². The van der Waals surface area contributed by atoms with E-state index in [-0.39, 0.29) is 36.4 Å². The second-order valence-corrected chi connectivity index (χ2v) is 9.45. The third-order valence-electron chi connectivity index (χ3n) is 6.95. The van der Waals surface area contributed by atoms with Gasteiger partial charge in [0.25, 0.3) is 0 Å². The topological polar surface area (TPSA) is 121 Å². The number of amides is 1. The molecule has 3 atom stereocenters. The molecule has 2 aromatic carbocycles. The number of methoxy groups -OCH3 is 1. The maximum absolute atomic E-state index is 13.8. The van der Waals surface area contributed by atoms with E-state index in [0.29, 0.717) is 34.9 Å². The summed E-state index contributed by atoms with van der Waals surface area (Å²) in [6.45, 7) is 1.45.